The van der Waals surface area contributed by atoms with Gasteiger partial charge in [0.15, 0.2) is 5.75 Å². The summed E-state index contributed by atoms with van der Waals surface area (Å²) in [6, 6.07) is 2.85. The van der Waals surface area contributed by atoms with E-state index in [0.29, 0.717) is 18.0 Å². The number of alkyl halides is 3. The van der Waals surface area contributed by atoms with Gasteiger partial charge in [0.25, 0.3) is 5.89 Å². The normalized spacial score (nSPS) is 16.1. The minimum absolute atomic E-state index is 0.0251. The number of fused-ring (bicyclic) bond motifs is 1. The lowest BCUT2D eigenvalue weighted by Gasteiger charge is -2.29. The van der Waals surface area contributed by atoms with Gasteiger partial charge >= 0.3 is 16.3 Å². The Morgan fingerprint density at radius 3 is 2.62 bits per heavy atom. The van der Waals surface area contributed by atoms with E-state index >= 15 is 0 Å². The van der Waals surface area contributed by atoms with Gasteiger partial charge in [0.05, 0.1) is 6.26 Å². The van der Waals surface area contributed by atoms with Crippen LogP contribution in [0.5, 0.6) is 5.75 Å². The zero-order chi connectivity index (χ0) is 23.5. The lowest BCUT2D eigenvalue weighted by molar-refractivity contribution is -0.138. The number of hydrogen-bond acceptors (Lipinski definition) is 7. The van der Waals surface area contributed by atoms with E-state index in [9.17, 15) is 21.6 Å². The molecule has 0 fully saturated rings. The van der Waals surface area contributed by atoms with Crippen LogP contribution in [0.2, 0.25) is 0 Å². The summed E-state index contributed by atoms with van der Waals surface area (Å²) in [6.45, 7) is 4.37. The maximum absolute atomic E-state index is 13.5. The maximum Gasteiger partial charge on any atom is 0.420 e. The molecule has 1 aliphatic rings. The van der Waals surface area contributed by atoms with Gasteiger partial charge in [-0.3, -0.25) is 4.68 Å². The van der Waals surface area contributed by atoms with Crippen molar-refractivity contribution < 1.29 is 30.3 Å². The van der Waals surface area contributed by atoms with Crippen molar-refractivity contribution in [2.75, 3.05) is 6.26 Å². The summed E-state index contributed by atoms with van der Waals surface area (Å²) in [5.74, 6) is -0.793. The van der Waals surface area contributed by atoms with Crippen LogP contribution in [0.3, 0.4) is 0 Å². The van der Waals surface area contributed by atoms with Crippen molar-refractivity contribution in [3.8, 4) is 28.7 Å². The molecule has 0 saturated heterocycles. The van der Waals surface area contributed by atoms with Gasteiger partial charge in [-0.15, -0.1) is 0 Å². The number of nitrogens with zero attached hydrogens (tertiary/aromatic N) is 4. The van der Waals surface area contributed by atoms with E-state index in [2.05, 4.69) is 33.3 Å². The highest BCUT2D eigenvalue weighted by molar-refractivity contribution is 7.86. The van der Waals surface area contributed by atoms with Crippen LogP contribution in [-0.4, -0.2) is 34.6 Å². The van der Waals surface area contributed by atoms with E-state index in [1.54, 1.807) is 4.68 Å². The number of aryl methyl sites for hydroxylation is 1. The number of aromatic nitrogens is 4. The van der Waals surface area contributed by atoms with E-state index in [4.69, 9.17) is 4.52 Å². The van der Waals surface area contributed by atoms with E-state index in [1.165, 1.54) is 6.07 Å². The molecule has 172 valence electrons. The van der Waals surface area contributed by atoms with Gasteiger partial charge in [-0.1, -0.05) is 19.0 Å². The Morgan fingerprint density at radius 2 is 1.97 bits per heavy atom. The predicted octanol–water partition coefficient (Wildman–Crippen LogP) is 4.01. The molecular weight excluding hydrogens is 449 g/mol. The highest BCUT2D eigenvalue weighted by Gasteiger charge is 2.36. The largest absolute Gasteiger partial charge is 0.420 e. The number of benzene rings is 1. The molecule has 0 saturated carbocycles. The van der Waals surface area contributed by atoms with Gasteiger partial charge < -0.3 is 8.71 Å². The highest BCUT2D eigenvalue weighted by Crippen LogP contribution is 2.40. The Bertz CT molecular complexity index is 1290. The Hall–Kier alpha value is -2.89. The van der Waals surface area contributed by atoms with Crippen LogP contribution in [-0.2, 0) is 36.2 Å². The van der Waals surface area contributed by atoms with Crippen LogP contribution in [0.1, 0.15) is 37.1 Å². The smallest absolute Gasteiger partial charge is 0.382 e. The molecule has 2 heterocycles. The summed E-state index contributed by atoms with van der Waals surface area (Å²) in [4.78, 5) is 4.26. The van der Waals surface area contributed by atoms with Gasteiger partial charge in [0, 0.05) is 23.9 Å². The zero-order valence-electron chi connectivity index (χ0n) is 17.8. The van der Waals surface area contributed by atoms with Gasteiger partial charge in [-0.25, -0.2) is 0 Å². The van der Waals surface area contributed by atoms with Crippen LogP contribution >= 0.6 is 0 Å². The summed E-state index contributed by atoms with van der Waals surface area (Å²) in [7, 11) is -2.31. The van der Waals surface area contributed by atoms with Crippen LogP contribution in [0.15, 0.2) is 22.7 Å². The molecular formula is C20H21F3N4O4S. The third-order valence-electron chi connectivity index (χ3n) is 5.38. The molecule has 8 nitrogen and oxygen atoms in total. The first-order valence-corrected chi connectivity index (χ1v) is 11.6. The Kier molecular flexibility index (Phi) is 5.11. The first kappa shape index (κ1) is 22.3. The fourth-order valence-corrected chi connectivity index (χ4v) is 4.30. The van der Waals surface area contributed by atoms with E-state index in [0.717, 1.165) is 36.6 Å². The monoisotopic (exact) mass is 470 g/mol. The fourth-order valence-electron chi connectivity index (χ4n) is 3.83. The lowest BCUT2D eigenvalue weighted by atomic mass is 9.76. The third kappa shape index (κ3) is 4.36. The van der Waals surface area contributed by atoms with Crippen molar-refractivity contribution in [1.29, 1.82) is 0 Å². The van der Waals surface area contributed by atoms with E-state index < -0.39 is 27.6 Å². The molecule has 0 unspecified atom stereocenters. The lowest BCUT2D eigenvalue weighted by Crippen LogP contribution is -2.23. The van der Waals surface area contributed by atoms with Crippen molar-refractivity contribution >= 4 is 10.1 Å². The van der Waals surface area contributed by atoms with Crippen molar-refractivity contribution in [3.05, 3.63) is 35.0 Å². The van der Waals surface area contributed by atoms with Crippen molar-refractivity contribution in [2.45, 2.75) is 39.3 Å². The molecule has 4 rings (SSSR count). The second kappa shape index (κ2) is 7.32. The van der Waals surface area contributed by atoms with Crippen LogP contribution < -0.4 is 4.18 Å². The minimum Gasteiger partial charge on any atom is -0.382 e. The van der Waals surface area contributed by atoms with Gasteiger partial charge in [-0.2, -0.15) is 31.7 Å². The molecule has 0 radical (unpaired) electrons. The minimum atomic E-state index is -4.86. The van der Waals surface area contributed by atoms with Crippen LogP contribution in [0.25, 0.3) is 23.0 Å². The third-order valence-corrected chi connectivity index (χ3v) is 5.87. The van der Waals surface area contributed by atoms with Crippen molar-refractivity contribution in [3.63, 3.8) is 0 Å². The summed E-state index contributed by atoms with van der Waals surface area (Å²) in [6.07, 6.45) is -1.61. The fraction of sp³-hybridized carbons (Fsp3) is 0.450. The summed E-state index contributed by atoms with van der Waals surface area (Å²) in [5.41, 5.74) is 1.47. The quantitative estimate of drug-likeness (QED) is 0.531. The highest BCUT2D eigenvalue weighted by atomic mass is 32.2. The Balaban J connectivity index is 1.72. The SMILES string of the molecule is Cn1nc(-c2noc(-c3ccc(OS(C)(=O)=O)c(C(F)(F)F)c3)n2)c2c1CC(C)(C)CC2. The molecule has 3 aromatic rings. The number of hydrogen-bond donors (Lipinski definition) is 0. The summed E-state index contributed by atoms with van der Waals surface area (Å²) < 4.78 is 74.6. The predicted molar refractivity (Wildman–Crippen MR) is 108 cm³/mol. The number of rotatable bonds is 4. The van der Waals surface area contributed by atoms with Gasteiger partial charge in [0.2, 0.25) is 5.82 Å². The molecule has 0 spiro atoms. The maximum atomic E-state index is 13.5. The van der Waals surface area contributed by atoms with Crippen LogP contribution in [0.4, 0.5) is 13.2 Å². The Labute approximate surface area is 182 Å². The molecule has 0 N–H and O–H groups in total. The van der Waals surface area contributed by atoms with E-state index in [1.807, 2.05) is 7.05 Å². The van der Waals surface area contributed by atoms with E-state index in [-0.39, 0.29) is 22.7 Å². The second-order valence-corrected chi connectivity index (χ2v) is 10.2. The molecule has 1 aromatic carbocycles. The molecule has 0 atom stereocenters. The molecule has 0 bridgehead atoms. The first-order chi connectivity index (χ1) is 14.7. The van der Waals surface area contributed by atoms with Gasteiger partial charge in [0.1, 0.15) is 11.3 Å². The summed E-state index contributed by atoms with van der Waals surface area (Å²) >= 11 is 0. The second-order valence-electron chi connectivity index (χ2n) is 8.66. The first-order valence-electron chi connectivity index (χ1n) is 9.73. The Morgan fingerprint density at radius 1 is 1.25 bits per heavy atom. The molecule has 12 heteroatoms. The average Bonchev–Trinajstić information content (AvgIpc) is 3.24. The van der Waals surface area contributed by atoms with Gasteiger partial charge in [-0.05, 0) is 42.9 Å². The standard InChI is InChI=1S/C20H21F3N4O4S/c1-19(2)8-7-12-14(10-19)27(3)25-16(12)17-24-18(30-26-17)11-5-6-15(31-32(4,28)29)13(9-11)20(21,22)23/h5-6,9H,7-8,10H2,1-4H3. The molecule has 1 aliphatic carbocycles. The van der Waals surface area contributed by atoms with Crippen molar-refractivity contribution in [1.82, 2.24) is 19.9 Å². The zero-order valence-corrected chi connectivity index (χ0v) is 18.6. The topological polar surface area (TPSA) is 100 Å². The molecule has 0 amide bonds. The molecule has 2 aromatic heterocycles. The average molecular weight is 470 g/mol. The number of halogens is 3. The van der Waals surface area contributed by atoms with Crippen LogP contribution in [0, 0.1) is 5.41 Å². The molecule has 32 heavy (non-hydrogen) atoms. The molecule has 0 aliphatic heterocycles. The van der Waals surface area contributed by atoms with Crippen molar-refractivity contribution in [2.24, 2.45) is 12.5 Å². The summed E-state index contributed by atoms with van der Waals surface area (Å²) in [5, 5.41) is 8.44.